The molecule has 0 aliphatic heterocycles. The second kappa shape index (κ2) is 8.89. The second-order valence-corrected chi connectivity index (χ2v) is 6.72. The lowest BCUT2D eigenvalue weighted by Crippen LogP contribution is -2.53. The van der Waals surface area contributed by atoms with Crippen molar-refractivity contribution in [1.82, 2.24) is 10.6 Å². The van der Waals surface area contributed by atoms with E-state index < -0.39 is 11.6 Å². The van der Waals surface area contributed by atoms with Crippen molar-refractivity contribution in [3.8, 4) is 0 Å². The minimum atomic E-state index is -0.588. The lowest BCUT2D eigenvalue weighted by atomic mass is 10.0. The molecule has 1 unspecified atom stereocenters. The van der Waals surface area contributed by atoms with E-state index in [-0.39, 0.29) is 30.1 Å². The summed E-state index contributed by atoms with van der Waals surface area (Å²) in [5.41, 5.74) is 6.85. The summed E-state index contributed by atoms with van der Waals surface area (Å²) in [6.07, 6.45) is 0. The topological polar surface area (TPSA) is 84.2 Å². The van der Waals surface area contributed by atoms with E-state index in [1.807, 2.05) is 52.8 Å². The number of carbonyl (C=O) groups is 2. The Bertz CT molecular complexity index is 539. The van der Waals surface area contributed by atoms with Crippen LogP contribution in [-0.2, 0) is 4.79 Å². The maximum Gasteiger partial charge on any atom is 0.252 e. The smallest absolute Gasteiger partial charge is 0.252 e. The zero-order valence-corrected chi connectivity index (χ0v) is 15.3. The summed E-state index contributed by atoms with van der Waals surface area (Å²) < 4.78 is 0. The van der Waals surface area contributed by atoms with E-state index in [4.69, 9.17) is 5.73 Å². The van der Waals surface area contributed by atoms with Crippen molar-refractivity contribution in [1.29, 1.82) is 0 Å². The van der Waals surface area contributed by atoms with E-state index in [0.717, 1.165) is 5.56 Å². The van der Waals surface area contributed by atoms with Gasteiger partial charge in [-0.05, 0) is 38.3 Å². The van der Waals surface area contributed by atoms with Crippen molar-refractivity contribution >= 4 is 24.2 Å². The van der Waals surface area contributed by atoms with Crippen molar-refractivity contribution in [3.05, 3.63) is 35.4 Å². The number of nitrogens with one attached hydrogen (secondary N) is 2. The van der Waals surface area contributed by atoms with Crippen LogP contribution in [0.3, 0.4) is 0 Å². The normalized spacial score (nSPS) is 12.3. The van der Waals surface area contributed by atoms with E-state index in [2.05, 4.69) is 10.6 Å². The first kappa shape index (κ1) is 21.4. The number of nitrogens with two attached hydrogens (primary N) is 1. The minimum Gasteiger partial charge on any atom is -0.352 e. The summed E-state index contributed by atoms with van der Waals surface area (Å²) in [5, 5.41) is 5.61. The molecule has 0 aromatic heterocycles. The summed E-state index contributed by atoms with van der Waals surface area (Å²) in [6.45, 7) is 9.70. The van der Waals surface area contributed by atoms with Crippen molar-refractivity contribution in [2.75, 3.05) is 6.54 Å². The number of aryl methyl sites for hydroxylation is 1. The van der Waals surface area contributed by atoms with Gasteiger partial charge in [-0.25, -0.2) is 0 Å². The fourth-order valence-electron chi connectivity index (χ4n) is 2.01. The highest BCUT2D eigenvalue weighted by Crippen LogP contribution is 2.09. The van der Waals surface area contributed by atoms with Gasteiger partial charge < -0.3 is 16.4 Å². The third kappa shape index (κ3) is 7.01. The molecule has 0 radical (unpaired) electrons. The van der Waals surface area contributed by atoms with Crippen molar-refractivity contribution in [2.45, 2.75) is 46.2 Å². The highest BCUT2D eigenvalue weighted by molar-refractivity contribution is 5.98. The van der Waals surface area contributed by atoms with Crippen LogP contribution in [-0.4, -0.2) is 29.9 Å². The van der Waals surface area contributed by atoms with Crippen LogP contribution in [0.25, 0.3) is 0 Å². The summed E-state index contributed by atoms with van der Waals surface area (Å²) in [7, 11) is 0. The Hall–Kier alpha value is -1.59. The molecule has 23 heavy (non-hydrogen) atoms. The number of rotatable bonds is 6. The molecule has 0 heterocycles. The van der Waals surface area contributed by atoms with Crippen LogP contribution in [0.15, 0.2) is 24.3 Å². The summed E-state index contributed by atoms with van der Waals surface area (Å²) in [6, 6.07) is 6.72. The molecule has 0 spiro atoms. The third-order valence-corrected chi connectivity index (χ3v) is 3.34. The molecule has 130 valence electrons. The summed E-state index contributed by atoms with van der Waals surface area (Å²) in [5.74, 6) is -0.469. The lowest BCUT2D eigenvalue weighted by Gasteiger charge is -2.25. The van der Waals surface area contributed by atoms with Gasteiger partial charge in [-0.2, -0.15) is 0 Å². The molecular weight excluding hydrogens is 314 g/mol. The highest BCUT2D eigenvalue weighted by atomic mass is 35.5. The average Bonchev–Trinajstić information content (AvgIpc) is 2.41. The van der Waals surface area contributed by atoms with Crippen molar-refractivity contribution in [3.63, 3.8) is 0 Å². The molecule has 0 bridgehead atoms. The molecule has 1 rings (SSSR count). The molecule has 0 aliphatic rings. The first-order valence-corrected chi connectivity index (χ1v) is 7.55. The molecule has 4 N–H and O–H groups in total. The van der Waals surface area contributed by atoms with E-state index in [1.54, 1.807) is 6.07 Å². The number of halogens is 1. The molecule has 0 saturated heterocycles. The number of amides is 2. The maximum absolute atomic E-state index is 12.4. The fraction of sp³-hybridized carbons (Fsp3) is 0.529. The fourth-order valence-corrected chi connectivity index (χ4v) is 2.01. The quantitative estimate of drug-likeness (QED) is 0.740. The number of hydrogen-bond acceptors (Lipinski definition) is 3. The Morgan fingerprint density at radius 1 is 1.22 bits per heavy atom. The van der Waals surface area contributed by atoms with Gasteiger partial charge in [0.2, 0.25) is 5.91 Å². The molecule has 1 aromatic carbocycles. The molecule has 2 amide bonds. The molecular formula is C17H28ClN3O2. The van der Waals surface area contributed by atoms with Crippen LogP contribution in [0.2, 0.25) is 0 Å². The van der Waals surface area contributed by atoms with Gasteiger partial charge in [-0.3, -0.25) is 9.59 Å². The molecule has 1 atom stereocenters. The zero-order chi connectivity index (χ0) is 16.9. The van der Waals surface area contributed by atoms with Gasteiger partial charge in [0.15, 0.2) is 0 Å². The van der Waals surface area contributed by atoms with E-state index in [1.165, 1.54) is 0 Å². The van der Waals surface area contributed by atoms with Gasteiger partial charge in [-0.1, -0.05) is 32.0 Å². The minimum absolute atomic E-state index is 0. The largest absolute Gasteiger partial charge is 0.352 e. The lowest BCUT2D eigenvalue weighted by molar-refractivity contribution is -0.124. The van der Waals surface area contributed by atoms with Crippen LogP contribution in [0.1, 0.15) is 43.6 Å². The Kier molecular flexibility index (Phi) is 8.28. The number of hydrogen-bond donors (Lipinski definition) is 3. The van der Waals surface area contributed by atoms with E-state index in [0.29, 0.717) is 12.1 Å². The first-order chi connectivity index (χ1) is 10.1. The first-order valence-electron chi connectivity index (χ1n) is 7.55. The third-order valence-electron chi connectivity index (χ3n) is 3.34. The predicted molar refractivity (Wildman–Crippen MR) is 95.8 cm³/mol. The maximum atomic E-state index is 12.4. The van der Waals surface area contributed by atoms with Gasteiger partial charge in [-0.15, -0.1) is 12.4 Å². The van der Waals surface area contributed by atoms with Gasteiger partial charge in [0.1, 0.15) is 6.04 Å². The average molecular weight is 342 g/mol. The van der Waals surface area contributed by atoms with Gasteiger partial charge in [0.25, 0.3) is 5.91 Å². The van der Waals surface area contributed by atoms with Crippen LogP contribution in [0.5, 0.6) is 0 Å². The van der Waals surface area contributed by atoms with Crippen molar-refractivity contribution in [2.24, 2.45) is 11.7 Å². The van der Waals surface area contributed by atoms with E-state index in [9.17, 15) is 9.59 Å². The van der Waals surface area contributed by atoms with Crippen LogP contribution in [0.4, 0.5) is 0 Å². The highest BCUT2D eigenvalue weighted by Gasteiger charge is 2.26. The van der Waals surface area contributed by atoms with Gasteiger partial charge in [0.05, 0.1) is 0 Å². The zero-order valence-electron chi connectivity index (χ0n) is 14.5. The summed E-state index contributed by atoms with van der Waals surface area (Å²) >= 11 is 0. The Balaban J connectivity index is 0.00000484. The number of benzene rings is 1. The van der Waals surface area contributed by atoms with Gasteiger partial charge in [0, 0.05) is 17.6 Å². The molecule has 0 aliphatic carbocycles. The summed E-state index contributed by atoms with van der Waals surface area (Å²) in [4.78, 5) is 24.7. The molecule has 5 nitrogen and oxygen atoms in total. The molecule has 6 heteroatoms. The molecule has 0 saturated carbocycles. The molecule has 0 fully saturated rings. The Morgan fingerprint density at radius 2 is 1.78 bits per heavy atom. The van der Waals surface area contributed by atoms with Crippen LogP contribution in [0, 0.1) is 12.8 Å². The van der Waals surface area contributed by atoms with Crippen LogP contribution >= 0.6 is 12.4 Å². The van der Waals surface area contributed by atoms with E-state index >= 15 is 0 Å². The van der Waals surface area contributed by atoms with Crippen molar-refractivity contribution < 1.29 is 9.59 Å². The predicted octanol–water partition coefficient (Wildman–Crippen LogP) is 2.02. The molecule has 1 aromatic rings. The standard InChI is InChI=1S/C17H27N3O2.ClH/c1-11(2)14(16(22)19-10-17(4,5)18)20-15(21)13-9-7-6-8-12(13)3;/h6-9,11,14H,10,18H2,1-5H3,(H,19,22)(H,20,21);1H. The van der Waals surface area contributed by atoms with Crippen LogP contribution < -0.4 is 16.4 Å². The SMILES string of the molecule is Cc1ccccc1C(=O)NC(C(=O)NCC(C)(C)N)C(C)C.Cl. The Labute approximate surface area is 144 Å². The van der Waals surface area contributed by atoms with Gasteiger partial charge >= 0.3 is 0 Å². The monoisotopic (exact) mass is 341 g/mol. The Morgan fingerprint density at radius 3 is 2.26 bits per heavy atom. The number of carbonyl (C=O) groups excluding carboxylic acids is 2. The second-order valence-electron chi connectivity index (χ2n) is 6.72.